The predicted octanol–water partition coefficient (Wildman–Crippen LogP) is 5.51. The van der Waals surface area contributed by atoms with Crippen molar-refractivity contribution < 1.29 is 9.84 Å². The molecule has 204 valence electrons. The van der Waals surface area contributed by atoms with Crippen LogP contribution in [0.2, 0.25) is 0 Å². The van der Waals surface area contributed by atoms with Crippen molar-refractivity contribution in [1.82, 2.24) is 15.0 Å². The number of methoxy groups -OCH3 is 1. The zero-order valence-corrected chi connectivity index (χ0v) is 23.7. The Labute approximate surface area is 230 Å². The number of hydrogen-bond donors (Lipinski definition) is 2. The minimum atomic E-state index is -0.558. The zero-order valence-electron chi connectivity index (χ0n) is 23.7. The van der Waals surface area contributed by atoms with Crippen molar-refractivity contribution >= 4 is 22.4 Å². The Kier molecular flexibility index (Phi) is 6.81. The maximum absolute atomic E-state index is 10.9. The van der Waals surface area contributed by atoms with E-state index < -0.39 is 6.10 Å². The fourth-order valence-corrected chi connectivity index (χ4v) is 6.23. The van der Waals surface area contributed by atoms with Gasteiger partial charge in [0.25, 0.3) is 0 Å². The first-order chi connectivity index (χ1) is 18.8. The van der Waals surface area contributed by atoms with Crippen LogP contribution in [0.3, 0.4) is 0 Å². The second kappa shape index (κ2) is 10.3. The molecule has 4 heterocycles. The Morgan fingerprint density at radius 2 is 1.90 bits per heavy atom. The molecule has 39 heavy (non-hydrogen) atoms. The number of piperidine rings is 1. The van der Waals surface area contributed by atoms with Gasteiger partial charge in [0.1, 0.15) is 5.82 Å². The minimum Gasteiger partial charge on any atom is -0.389 e. The normalized spacial score (nSPS) is 19.7. The molecule has 0 amide bonds. The fraction of sp³-hybridized carbons (Fsp3) is 0.438. The predicted molar refractivity (Wildman–Crippen MR) is 158 cm³/mol. The van der Waals surface area contributed by atoms with Crippen LogP contribution >= 0.6 is 0 Å². The quantitative estimate of drug-likeness (QED) is 0.358. The number of nitrogens with one attached hydrogen (secondary N) is 1. The van der Waals surface area contributed by atoms with E-state index in [9.17, 15) is 5.11 Å². The van der Waals surface area contributed by atoms with E-state index >= 15 is 0 Å². The van der Waals surface area contributed by atoms with Crippen molar-refractivity contribution in [2.75, 3.05) is 36.5 Å². The highest BCUT2D eigenvalue weighted by Gasteiger charge is 2.32. The number of aromatic amines is 1. The molecule has 2 aliphatic rings. The highest BCUT2D eigenvalue weighted by molar-refractivity contribution is 5.96. The molecule has 1 fully saturated rings. The third-order valence-electron chi connectivity index (χ3n) is 8.55. The summed E-state index contributed by atoms with van der Waals surface area (Å²) in [7, 11) is 1.68. The Balaban J connectivity index is 1.46. The van der Waals surface area contributed by atoms with Crippen LogP contribution in [0.5, 0.6) is 0 Å². The Morgan fingerprint density at radius 3 is 2.67 bits per heavy atom. The number of aryl methyl sites for hydroxylation is 2. The molecule has 0 spiro atoms. The standard InChI is InChI=1S/C32H39N5O2/c1-19(2)22-10-9-20(3)27(15-22)36-13-11-25-24(17-36)32(37-14-12-29(39-5)28(38)18-37)35-31(34-25)23-7-6-8-26-30(23)21(4)16-33-26/h6-10,15-16,19,28-29,33,38H,11-14,17-18H2,1-5H3/t28-,29-/m1/s1. The van der Waals surface area contributed by atoms with Gasteiger partial charge in [0.05, 0.1) is 17.9 Å². The molecule has 2 N–H and O–H groups in total. The summed E-state index contributed by atoms with van der Waals surface area (Å²) in [4.78, 5) is 18.5. The van der Waals surface area contributed by atoms with Gasteiger partial charge < -0.3 is 24.6 Å². The summed E-state index contributed by atoms with van der Waals surface area (Å²) in [6.45, 7) is 11.8. The van der Waals surface area contributed by atoms with Gasteiger partial charge in [-0.2, -0.15) is 0 Å². The molecule has 0 bridgehead atoms. The van der Waals surface area contributed by atoms with Gasteiger partial charge in [0.15, 0.2) is 5.82 Å². The number of rotatable bonds is 5. The van der Waals surface area contributed by atoms with Crippen LogP contribution in [-0.2, 0) is 17.7 Å². The second-order valence-corrected chi connectivity index (χ2v) is 11.4. The molecule has 0 radical (unpaired) electrons. The van der Waals surface area contributed by atoms with Crippen LogP contribution in [0.15, 0.2) is 42.6 Å². The van der Waals surface area contributed by atoms with Crippen molar-refractivity contribution in [3.8, 4) is 11.4 Å². The molecule has 0 unspecified atom stereocenters. The molecule has 2 aromatic carbocycles. The number of hydrogen-bond acceptors (Lipinski definition) is 6. The number of anilines is 2. The Bertz CT molecular complexity index is 1510. The number of benzene rings is 2. The van der Waals surface area contributed by atoms with Crippen molar-refractivity contribution in [2.45, 2.75) is 65.2 Å². The SMILES string of the molecule is CO[C@@H]1CCN(c2nc(-c3cccc4[nH]cc(C)c34)nc3c2CN(c2cc(C(C)C)ccc2C)CC3)C[C@H]1O. The zero-order chi connectivity index (χ0) is 27.3. The molecule has 0 aliphatic carbocycles. The Morgan fingerprint density at radius 1 is 1.05 bits per heavy atom. The first-order valence-electron chi connectivity index (χ1n) is 14.1. The maximum atomic E-state index is 10.9. The lowest BCUT2D eigenvalue weighted by Crippen LogP contribution is -2.48. The average Bonchev–Trinajstić information content (AvgIpc) is 3.33. The molecule has 1 saturated heterocycles. The summed E-state index contributed by atoms with van der Waals surface area (Å²) in [5.74, 6) is 2.18. The molecule has 2 aliphatic heterocycles. The lowest BCUT2D eigenvalue weighted by atomic mass is 9.97. The van der Waals surface area contributed by atoms with Gasteiger partial charge in [-0.05, 0) is 55.0 Å². The molecule has 7 nitrogen and oxygen atoms in total. The van der Waals surface area contributed by atoms with Gasteiger partial charge in [-0.15, -0.1) is 0 Å². The second-order valence-electron chi connectivity index (χ2n) is 11.4. The molecule has 4 aromatic rings. The highest BCUT2D eigenvalue weighted by atomic mass is 16.5. The van der Waals surface area contributed by atoms with Crippen molar-refractivity contribution in [1.29, 1.82) is 0 Å². The third-order valence-corrected chi connectivity index (χ3v) is 8.55. The van der Waals surface area contributed by atoms with Gasteiger partial charge in [0, 0.05) is 73.6 Å². The third kappa shape index (κ3) is 4.68. The number of fused-ring (bicyclic) bond motifs is 2. The van der Waals surface area contributed by atoms with Crippen LogP contribution in [-0.4, -0.2) is 59.0 Å². The number of nitrogens with zero attached hydrogens (tertiary/aromatic N) is 4. The van der Waals surface area contributed by atoms with Gasteiger partial charge in [-0.1, -0.05) is 38.1 Å². The van der Waals surface area contributed by atoms with E-state index in [0.717, 1.165) is 60.9 Å². The summed E-state index contributed by atoms with van der Waals surface area (Å²) in [5.41, 5.74) is 9.53. The lowest BCUT2D eigenvalue weighted by molar-refractivity contribution is -0.0218. The number of ether oxygens (including phenoxy) is 1. The van der Waals surface area contributed by atoms with E-state index in [-0.39, 0.29) is 6.10 Å². The highest BCUT2D eigenvalue weighted by Crippen LogP contribution is 2.37. The molecule has 6 rings (SSSR count). The average molecular weight is 526 g/mol. The topological polar surface area (TPSA) is 77.5 Å². The number of β-amino-alcohol motifs (C(OH)–C–C–N with tert-alkyl or cyclic N) is 1. The number of aliphatic hydroxyl groups excluding tert-OH is 1. The van der Waals surface area contributed by atoms with Crippen LogP contribution in [0.4, 0.5) is 11.5 Å². The molecule has 2 atom stereocenters. The van der Waals surface area contributed by atoms with Crippen LogP contribution < -0.4 is 9.80 Å². The molecular weight excluding hydrogens is 486 g/mol. The van der Waals surface area contributed by atoms with Crippen molar-refractivity contribution in [3.05, 3.63) is 70.5 Å². The van der Waals surface area contributed by atoms with Gasteiger partial charge in [-0.3, -0.25) is 0 Å². The first-order valence-corrected chi connectivity index (χ1v) is 14.1. The van der Waals surface area contributed by atoms with E-state index in [1.807, 2.05) is 6.20 Å². The smallest absolute Gasteiger partial charge is 0.162 e. The van der Waals surface area contributed by atoms with Crippen molar-refractivity contribution in [2.24, 2.45) is 0 Å². The van der Waals surface area contributed by atoms with Crippen LogP contribution in [0.1, 0.15) is 54.1 Å². The van der Waals surface area contributed by atoms with E-state index in [4.69, 9.17) is 14.7 Å². The Hall–Kier alpha value is -3.42. The first kappa shape index (κ1) is 25.8. The van der Waals surface area contributed by atoms with Crippen molar-refractivity contribution in [3.63, 3.8) is 0 Å². The molecule has 7 heteroatoms. The number of aliphatic hydroxyl groups is 1. The summed E-state index contributed by atoms with van der Waals surface area (Å²) in [6.07, 6.45) is 2.95. The largest absolute Gasteiger partial charge is 0.389 e. The molecule has 0 saturated carbocycles. The van der Waals surface area contributed by atoms with Gasteiger partial charge in [0.2, 0.25) is 0 Å². The minimum absolute atomic E-state index is 0.146. The van der Waals surface area contributed by atoms with Gasteiger partial charge >= 0.3 is 0 Å². The van der Waals surface area contributed by atoms with Gasteiger partial charge in [-0.25, -0.2) is 9.97 Å². The lowest BCUT2D eigenvalue weighted by Gasteiger charge is -2.39. The van der Waals surface area contributed by atoms with Crippen LogP contribution in [0, 0.1) is 13.8 Å². The summed E-state index contributed by atoms with van der Waals surface area (Å²) in [6, 6.07) is 13.1. The van der Waals surface area contributed by atoms with E-state index in [2.05, 4.69) is 78.9 Å². The summed E-state index contributed by atoms with van der Waals surface area (Å²) >= 11 is 0. The van der Waals surface area contributed by atoms with E-state index in [1.165, 1.54) is 33.3 Å². The number of aromatic nitrogens is 3. The fourth-order valence-electron chi connectivity index (χ4n) is 6.23. The number of H-pyrrole nitrogens is 1. The summed E-state index contributed by atoms with van der Waals surface area (Å²) in [5, 5.41) is 12.0. The summed E-state index contributed by atoms with van der Waals surface area (Å²) < 4.78 is 5.54. The van der Waals surface area contributed by atoms with E-state index in [0.29, 0.717) is 12.5 Å². The van der Waals surface area contributed by atoms with E-state index in [1.54, 1.807) is 7.11 Å². The molecular formula is C32H39N5O2. The van der Waals surface area contributed by atoms with Crippen LogP contribution in [0.25, 0.3) is 22.3 Å². The molecule has 2 aromatic heterocycles. The monoisotopic (exact) mass is 525 g/mol. The maximum Gasteiger partial charge on any atom is 0.162 e.